The third-order valence-corrected chi connectivity index (χ3v) is 3.28. The SMILES string of the molecule is CCc1cccc(C(=O)c2ccc(C)cc2Cl)c1. The van der Waals surface area contributed by atoms with Crippen LogP contribution in [0.1, 0.15) is 34.0 Å². The molecular weight excluding hydrogens is 244 g/mol. The summed E-state index contributed by atoms with van der Waals surface area (Å²) >= 11 is 6.13. The molecule has 0 fully saturated rings. The molecule has 0 saturated heterocycles. The van der Waals surface area contributed by atoms with Gasteiger partial charge in [-0.15, -0.1) is 0 Å². The Morgan fingerprint density at radius 1 is 1.17 bits per heavy atom. The van der Waals surface area contributed by atoms with E-state index in [9.17, 15) is 4.79 Å². The number of benzene rings is 2. The Labute approximate surface area is 112 Å². The van der Waals surface area contributed by atoms with Crippen LogP contribution in [-0.4, -0.2) is 5.78 Å². The van der Waals surface area contributed by atoms with E-state index >= 15 is 0 Å². The van der Waals surface area contributed by atoms with E-state index in [1.807, 2.05) is 43.3 Å². The Hall–Kier alpha value is -1.60. The topological polar surface area (TPSA) is 17.1 Å². The Morgan fingerprint density at radius 2 is 1.94 bits per heavy atom. The van der Waals surface area contributed by atoms with Crippen LogP contribution in [0.5, 0.6) is 0 Å². The third kappa shape index (κ3) is 2.62. The molecule has 0 aliphatic rings. The molecule has 0 spiro atoms. The maximum atomic E-state index is 12.4. The highest BCUT2D eigenvalue weighted by Crippen LogP contribution is 2.21. The van der Waals surface area contributed by atoms with Crippen LogP contribution in [-0.2, 0) is 6.42 Å². The summed E-state index contributed by atoms with van der Waals surface area (Å²) in [6, 6.07) is 13.2. The number of hydrogen-bond acceptors (Lipinski definition) is 1. The first-order chi connectivity index (χ1) is 8.61. The summed E-state index contributed by atoms with van der Waals surface area (Å²) in [5, 5.41) is 0.516. The predicted octanol–water partition coefficient (Wildman–Crippen LogP) is 4.44. The fraction of sp³-hybridized carbons (Fsp3) is 0.188. The van der Waals surface area contributed by atoms with Crippen molar-refractivity contribution >= 4 is 17.4 Å². The molecule has 0 aliphatic heterocycles. The Bertz CT molecular complexity index is 587. The second-order valence-electron chi connectivity index (χ2n) is 4.37. The van der Waals surface area contributed by atoms with Crippen LogP contribution >= 0.6 is 11.6 Å². The number of carbonyl (C=O) groups excluding carboxylic acids is 1. The quantitative estimate of drug-likeness (QED) is 0.744. The van der Waals surface area contributed by atoms with Gasteiger partial charge in [0.15, 0.2) is 5.78 Å². The lowest BCUT2D eigenvalue weighted by Crippen LogP contribution is -2.03. The molecule has 92 valence electrons. The van der Waals surface area contributed by atoms with Crippen LogP contribution in [0.2, 0.25) is 5.02 Å². The van der Waals surface area contributed by atoms with E-state index < -0.39 is 0 Å². The fourth-order valence-electron chi connectivity index (χ4n) is 1.89. The molecule has 0 heterocycles. The second kappa shape index (κ2) is 5.36. The molecule has 0 unspecified atom stereocenters. The average molecular weight is 259 g/mol. The minimum absolute atomic E-state index is 0.0182. The molecule has 0 aromatic heterocycles. The molecule has 18 heavy (non-hydrogen) atoms. The average Bonchev–Trinajstić information content (AvgIpc) is 2.38. The molecule has 0 aliphatic carbocycles. The van der Waals surface area contributed by atoms with Gasteiger partial charge in [-0.1, -0.05) is 42.8 Å². The summed E-state index contributed by atoms with van der Waals surface area (Å²) in [6.07, 6.45) is 0.919. The second-order valence-corrected chi connectivity index (χ2v) is 4.77. The van der Waals surface area contributed by atoms with Gasteiger partial charge in [0, 0.05) is 11.1 Å². The zero-order valence-electron chi connectivity index (χ0n) is 10.5. The standard InChI is InChI=1S/C16H15ClO/c1-3-12-5-4-6-13(10-12)16(18)14-8-7-11(2)9-15(14)17/h4-10H,3H2,1-2H3. The highest BCUT2D eigenvalue weighted by molar-refractivity contribution is 6.35. The van der Waals surface area contributed by atoms with Crippen molar-refractivity contribution in [1.29, 1.82) is 0 Å². The lowest BCUT2D eigenvalue weighted by molar-refractivity contribution is 0.103. The summed E-state index contributed by atoms with van der Waals surface area (Å²) in [6.45, 7) is 4.03. The minimum atomic E-state index is -0.0182. The largest absolute Gasteiger partial charge is 0.289 e. The maximum absolute atomic E-state index is 12.4. The molecule has 0 atom stereocenters. The van der Waals surface area contributed by atoms with Crippen LogP contribution < -0.4 is 0 Å². The van der Waals surface area contributed by atoms with Gasteiger partial charge in [-0.2, -0.15) is 0 Å². The van der Waals surface area contributed by atoms with Crippen molar-refractivity contribution in [2.24, 2.45) is 0 Å². The summed E-state index contributed by atoms with van der Waals surface area (Å²) in [5.41, 5.74) is 3.47. The van der Waals surface area contributed by atoms with Crippen LogP contribution in [0.15, 0.2) is 42.5 Å². The predicted molar refractivity (Wildman–Crippen MR) is 75.4 cm³/mol. The fourth-order valence-corrected chi connectivity index (χ4v) is 2.21. The van der Waals surface area contributed by atoms with Gasteiger partial charge in [0.05, 0.1) is 5.02 Å². The van der Waals surface area contributed by atoms with Gasteiger partial charge in [-0.25, -0.2) is 0 Å². The molecule has 2 rings (SSSR count). The Balaban J connectivity index is 2.41. The number of halogens is 1. The highest BCUT2D eigenvalue weighted by atomic mass is 35.5. The smallest absolute Gasteiger partial charge is 0.194 e. The van der Waals surface area contributed by atoms with E-state index in [0.29, 0.717) is 16.1 Å². The summed E-state index contributed by atoms with van der Waals surface area (Å²) in [4.78, 5) is 12.4. The highest BCUT2D eigenvalue weighted by Gasteiger charge is 2.12. The maximum Gasteiger partial charge on any atom is 0.194 e. The third-order valence-electron chi connectivity index (χ3n) is 2.97. The van der Waals surface area contributed by atoms with Crippen LogP contribution in [0.25, 0.3) is 0 Å². The molecule has 0 N–H and O–H groups in total. The molecule has 1 nitrogen and oxygen atoms in total. The molecular formula is C16H15ClO. The molecule has 2 aromatic rings. The lowest BCUT2D eigenvalue weighted by Gasteiger charge is -2.06. The Kier molecular flexibility index (Phi) is 3.83. The van der Waals surface area contributed by atoms with Crippen molar-refractivity contribution in [3.05, 3.63) is 69.7 Å². The van der Waals surface area contributed by atoms with Gasteiger partial charge in [0.2, 0.25) is 0 Å². The van der Waals surface area contributed by atoms with E-state index in [4.69, 9.17) is 11.6 Å². The summed E-state index contributed by atoms with van der Waals surface area (Å²) < 4.78 is 0. The summed E-state index contributed by atoms with van der Waals surface area (Å²) in [7, 11) is 0. The van der Waals surface area contributed by atoms with Gasteiger partial charge in [-0.05, 0) is 42.7 Å². The minimum Gasteiger partial charge on any atom is -0.289 e. The van der Waals surface area contributed by atoms with Crippen molar-refractivity contribution in [3.63, 3.8) is 0 Å². The monoisotopic (exact) mass is 258 g/mol. The van der Waals surface area contributed by atoms with E-state index in [2.05, 4.69) is 6.92 Å². The molecule has 2 aromatic carbocycles. The molecule has 0 radical (unpaired) electrons. The van der Waals surface area contributed by atoms with Gasteiger partial charge < -0.3 is 0 Å². The van der Waals surface area contributed by atoms with Gasteiger partial charge in [-0.3, -0.25) is 4.79 Å². The van der Waals surface area contributed by atoms with Crippen LogP contribution in [0.3, 0.4) is 0 Å². The lowest BCUT2D eigenvalue weighted by atomic mass is 10.00. The molecule has 0 amide bonds. The van der Waals surface area contributed by atoms with E-state index in [1.165, 1.54) is 0 Å². The molecule has 0 bridgehead atoms. The first kappa shape index (κ1) is 12.8. The molecule has 2 heteroatoms. The van der Waals surface area contributed by atoms with E-state index in [0.717, 1.165) is 17.5 Å². The van der Waals surface area contributed by atoms with E-state index in [-0.39, 0.29) is 5.78 Å². The zero-order valence-corrected chi connectivity index (χ0v) is 11.3. The number of carbonyl (C=O) groups is 1. The molecule has 0 saturated carbocycles. The number of hydrogen-bond donors (Lipinski definition) is 0. The van der Waals surface area contributed by atoms with Crippen molar-refractivity contribution in [2.45, 2.75) is 20.3 Å². The number of ketones is 1. The van der Waals surface area contributed by atoms with Crippen LogP contribution in [0, 0.1) is 6.92 Å². The van der Waals surface area contributed by atoms with Gasteiger partial charge in [0.1, 0.15) is 0 Å². The first-order valence-electron chi connectivity index (χ1n) is 6.01. The van der Waals surface area contributed by atoms with Gasteiger partial charge >= 0.3 is 0 Å². The van der Waals surface area contributed by atoms with Crippen LogP contribution in [0.4, 0.5) is 0 Å². The van der Waals surface area contributed by atoms with E-state index in [1.54, 1.807) is 6.07 Å². The van der Waals surface area contributed by atoms with Crippen molar-refractivity contribution in [3.8, 4) is 0 Å². The Morgan fingerprint density at radius 3 is 2.61 bits per heavy atom. The van der Waals surface area contributed by atoms with Crippen molar-refractivity contribution in [2.75, 3.05) is 0 Å². The summed E-state index contributed by atoms with van der Waals surface area (Å²) in [5.74, 6) is -0.0182. The number of rotatable bonds is 3. The zero-order chi connectivity index (χ0) is 13.1. The first-order valence-corrected chi connectivity index (χ1v) is 6.39. The van der Waals surface area contributed by atoms with Crippen molar-refractivity contribution in [1.82, 2.24) is 0 Å². The normalized spacial score (nSPS) is 10.4. The van der Waals surface area contributed by atoms with Gasteiger partial charge in [0.25, 0.3) is 0 Å². The van der Waals surface area contributed by atoms with Crippen molar-refractivity contribution < 1.29 is 4.79 Å². The number of aryl methyl sites for hydroxylation is 2.